The van der Waals surface area contributed by atoms with Crippen molar-refractivity contribution in [1.82, 2.24) is 4.90 Å². The molecule has 1 aromatic rings. The molecular formula is C15H22ClN. The lowest BCUT2D eigenvalue weighted by Crippen LogP contribution is -2.40. The van der Waals surface area contributed by atoms with Crippen LogP contribution in [0.25, 0.3) is 0 Å². The molecule has 17 heavy (non-hydrogen) atoms. The summed E-state index contributed by atoms with van der Waals surface area (Å²) in [5.41, 5.74) is 1.88. The van der Waals surface area contributed by atoms with Gasteiger partial charge in [0.15, 0.2) is 0 Å². The van der Waals surface area contributed by atoms with Crippen molar-refractivity contribution in [2.45, 2.75) is 44.1 Å². The van der Waals surface area contributed by atoms with Crippen LogP contribution in [0.4, 0.5) is 0 Å². The second kappa shape index (κ2) is 4.99. The Labute approximate surface area is 110 Å². The average Bonchev–Trinajstić information content (AvgIpc) is 2.24. The molecule has 1 atom stereocenters. The van der Waals surface area contributed by atoms with E-state index in [1.54, 1.807) is 0 Å². The summed E-state index contributed by atoms with van der Waals surface area (Å²) in [7, 11) is 4.33. The first-order valence-electron chi connectivity index (χ1n) is 6.46. The van der Waals surface area contributed by atoms with Gasteiger partial charge < -0.3 is 4.90 Å². The van der Waals surface area contributed by atoms with Gasteiger partial charge in [0.1, 0.15) is 0 Å². The van der Waals surface area contributed by atoms with Crippen LogP contribution < -0.4 is 0 Å². The van der Waals surface area contributed by atoms with Crippen molar-refractivity contribution in [1.29, 1.82) is 0 Å². The first-order valence-corrected chi connectivity index (χ1v) is 6.84. The lowest BCUT2D eigenvalue weighted by atomic mass is 9.61. The van der Waals surface area contributed by atoms with Gasteiger partial charge in [-0.15, -0.1) is 0 Å². The smallest absolute Gasteiger partial charge is 0.0406 e. The summed E-state index contributed by atoms with van der Waals surface area (Å²) in [6.07, 6.45) is 5.27. The highest BCUT2D eigenvalue weighted by Crippen LogP contribution is 2.47. The molecule has 1 nitrogen and oxygen atoms in total. The average molecular weight is 252 g/mol. The van der Waals surface area contributed by atoms with Gasteiger partial charge in [-0.1, -0.05) is 30.2 Å². The molecular weight excluding hydrogens is 230 g/mol. The van der Waals surface area contributed by atoms with E-state index in [-0.39, 0.29) is 0 Å². The van der Waals surface area contributed by atoms with Crippen molar-refractivity contribution in [2.75, 3.05) is 14.1 Å². The number of hydrogen-bond donors (Lipinski definition) is 0. The predicted molar refractivity (Wildman–Crippen MR) is 74.7 cm³/mol. The number of hydrogen-bond acceptors (Lipinski definition) is 1. The Balaban J connectivity index is 2.17. The minimum Gasteiger partial charge on any atom is -0.307 e. The Morgan fingerprint density at radius 3 is 2.24 bits per heavy atom. The molecule has 0 N–H and O–H groups in total. The number of benzene rings is 1. The summed E-state index contributed by atoms with van der Waals surface area (Å²) in [6.45, 7) is 2.32. The summed E-state index contributed by atoms with van der Waals surface area (Å²) >= 11 is 5.97. The van der Waals surface area contributed by atoms with Crippen molar-refractivity contribution < 1.29 is 0 Å². The van der Waals surface area contributed by atoms with E-state index in [9.17, 15) is 0 Å². The first-order chi connectivity index (χ1) is 8.03. The Kier molecular flexibility index (Phi) is 3.79. The van der Waals surface area contributed by atoms with Crippen LogP contribution in [0.15, 0.2) is 24.3 Å². The number of rotatable bonds is 4. The van der Waals surface area contributed by atoms with Crippen molar-refractivity contribution in [3.63, 3.8) is 0 Å². The van der Waals surface area contributed by atoms with E-state index < -0.39 is 0 Å². The van der Waals surface area contributed by atoms with Crippen molar-refractivity contribution in [3.8, 4) is 0 Å². The highest BCUT2D eigenvalue weighted by molar-refractivity contribution is 6.30. The zero-order valence-corrected chi connectivity index (χ0v) is 11.8. The SMILES string of the molecule is CC(CC1(c2ccc(Cl)cc2)CCC1)N(C)C. The first kappa shape index (κ1) is 12.9. The second-order valence-corrected chi connectivity index (χ2v) is 6.09. The molecule has 0 radical (unpaired) electrons. The molecule has 0 amide bonds. The van der Waals surface area contributed by atoms with Crippen molar-refractivity contribution in [3.05, 3.63) is 34.9 Å². The van der Waals surface area contributed by atoms with Crippen LogP contribution >= 0.6 is 11.6 Å². The van der Waals surface area contributed by atoms with E-state index in [0.717, 1.165) is 5.02 Å². The fourth-order valence-electron chi connectivity index (χ4n) is 2.77. The summed E-state index contributed by atoms with van der Waals surface area (Å²) in [4.78, 5) is 2.32. The second-order valence-electron chi connectivity index (χ2n) is 5.66. The number of halogens is 1. The molecule has 2 rings (SSSR count). The Bertz CT molecular complexity index is 365. The predicted octanol–water partition coefficient (Wildman–Crippen LogP) is 4.10. The van der Waals surface area contributed by atoms with Gasteiger partial charge in [0.2, 0.25) is 0 Å². The molecule has 0 aromatic heterocycles. The maximum Gasteiger partial charge on any atom is 0.0406 e. The fraction of sp³-hybridized carbons (Fsp3) is 0.600. The van der Waals surface area contributed by atoms with Crippen LogP contribution in [0.5, 0.6) is 0 Å². The standard InChI is InChI=1S/C15H22ClN/c1-12(17(2)3)11-15(9-4-10-15)13-5-7-14(16)8-6-13/h5-8,12H,4,9-11H2,1-3H3. The lowest BCUT2D eigenvalue weighted by molar-refractivity contribution is 0.163. The van der Waals surface area contributed by atoms with Crippen LogP contribution in [0.2, 0.25) is 5.02 Å². The van der Waals surface area contributed by atoms with Gasteiger partial charge in [0.25, 0.3) is 0 Å². The van der Waals surface area contributed by atoms with Gasteiger partial charge in [0, 0.05) is 11.1 Å². The molecule has 1 aliphatic rings. The van der Waals surface area contributed by atoms with Gasteiger partial charge in [0.05, 0.1) is 0 Å². The molecule has 1 unspecified atom stereocenters. The minimum absolute atomic E-state index is 0.411. The topological polar surface area (TPSA) is 3.24 Å². The third-order valence-corrected chi connectivity index (χ3v) is 4.59. The maximum atomic E-state index is 5.97. The van der Waals surface area contributed by atoms with Gasteiger partial charge >= 0.3 is 0 Å². The van der Waals surface area contributed by atoms with E-state index in [2.05, 4.69) is 38.1 Å². The number of nitrogens with zero attached hydrogens (tertiary/aromatic N) is 1. The van der Waals surface area contributed by atoms with E-state index in [1.165, 1.54) is 31.2 Å². The molecule has 0 saturated heterocycles. The van der Waals surface area contributed by atoms with Gasteiger partial charge in [-0.25, -0.2) is 0 Å². The van der Waals surface area contributed by atoms with Crippen LogP contribution in [0, 0.1) is 0 Å². The summed E-state index contributed by atoms with van der Waals surface area (Å²) in [6, 6.07) is 9.11. The molecule has 0 heterocycles. The van der Waals surface area contributed by atoms with Gasteiger partial charge in [-0.2, -0.15) is 0 Å². The zero-order valence-electron chi connectivity index (χ0n) is 11.0. The summed E-state index contributed by atoms with van der Waals surface area (Å²) in [5.74, 6) is 0. The monoisotopic (exact) mass is 251 g/mol. The fourth-order valence-corrected chi connectivity index (χ4v) is 2.89. The molecule has 2 heteroatoms. The Morgan fingerprint density at radius 1 is 1.24 bits per heavy atom. The van der Waals surface area contributed by atoms with E-state index in [1.807, 2.05) is 12.1 Å². The lowest BCUT2D eigenvalue weighted by Gasteiger charge is -2.45. The summed E-state index contributed by atoms with van der Waals surface area (Å²) in [5, 5.41) is 0.837. The van der Waals surface area contributed by atoms with Crippen molar-refractivity contribution >= 4 is 11.6 Å². The van der Waals surface area contributed by atoms with Gasteiger partial charge in [-0.05, 0) is 63.4 Å². The molecule has 1 fully saturated rings. The van der Waals surface area contributed by atoms with E-state index >= 15 is 0 Å². The molecule has 1 saturated carbocycles. The highest BCUT2D eigenvalue weighted by atomic mass is 35.5. The normalized spacial score (nSPS) is 20.1. The molecule has 94 valence electrons. The molecule has 0 bridgehead atoms. The zero-order chi connectivity index (χ0) is 12.5. The molecule has 0 aliphatic heterocycles. The molecule has 1 aliphatic carbocycles. The third kappa shape index (κ3) is 2.66. The Hall–Kier alpha value is -0.530. The van der Waals surface area contributed by atoms with E-state index in [4.69, 9.17) is 11.6 Å². The molecule has 0 spiro atoms. The maximum absolute atomic E-state index is 5.97. The van der Waals surface area contributed by atoms with Crippen LogP contribution in [0.3, 0.4) is 0 Å². The van der Waals surface area contributed by atoms with Gasteiger partial charge in [-0.3, -0.25) is 0 Å². The Morgan fingerprint density at radius 2 is 1.82 bits per heavy atom. The van der Waals surface area contributed by atoms with Crippen molar-refractivity contribution in [2.24, 2.45) is 0 Å². The summed E-state index contributed by atoms with van der Waals surface area (Å²) < 4.78 is 0. The van der Waals surface area contributed by atoms with E-state index in [0.29, 0.717) is 11.5 Å². The highest BCUT2D eigenvalue weighted by Gasteiger charge is 2.39. The van der Waals surface area contributed by atoms with Crippen LogP contribution in [-0.4, -0.2) is 25.0 Å². The third-order valence-electron chi connectivity index (χ3n) is 4.33. The van der Waals surface area contributed by atoms with Crippen LogP contribution in [0.1, 0.15) is 38.2 Å². The largest absolute Gasteiger partial charge is 0.307 e. The minimum atomic E-state index is 0.411. The quantitative estimate of drug-likeness (QED) is 0.779. The van der Waals surface area contributed by atoms with Crippen LogP contribution in [-0.2, 0) is 5.41 Å². The molecule has 1 aromatic carbocycles.